The Balaban J connectivity index is 2.89. The zero-order chi connectivity index (χ0) is 13.2. The molecule has 1 atom stereocenters. The lowest BCUT2D eigenvalue weighted by Gasteiger charge is -2.12. The second kappa shape index (κ2) is 5.18. The molecule has 0 radical (unpaired) electrons. The summed E-state index contributed by atoms with van der Waals surface area (Å²) in [6.45, 7) is 3.29. The van der Waals surface area contributed by atoms with Crippen LogP contribution >= 0.6 is 15.9 Å². The van der Waals surface area contributed by atoms with Crippen LogP contribution in [0.3, 0.4) is 0 Å². The molecule has 0 spiro atoms. The van der Waals surface area contributed by atoms with Gasteiger partial charge in [-0.05, 0) is 47.5 Å². The Kier molecular flexibility index (Phi) is 4.32. The SMILES string of the molecule is Cc1ccc(NC(=O)C(C)S(C)(=O)=O)c(Br)c1. The van der Waals surface area contributed by atoms with Crippen molar-refractivity contribution in [2.75, 3.05) is 11.6 Å². The van der Waals surface area contributed by atoms with Crippen LogP contribution < -0.4 is 5.32 Å². The number of halogens is 1. The molecule has 1 aromatic rings. The lowest BCUT2D eigenvalue weighted by atomic mass is 10.2. The fourth-order valence-corrected chi connectivity index (χ4v) is 2.19. The third-order valence-electron chi connectivity index (χ3n) is 2.39. The van der Waals surface area contributed by atoms with E-state index in [0.717, 1.165) is 16.3 Å². The van der Waals surface area contributed by atoms with E-state index in [4.69, 9.17) is 0 Å². The molecule has 0 aromatic heterocycles. The average Bonchev–Trinajstić information content (AvgIpc) is 2.19. The van der Waals surface area contributed by atoms with E-state index in [-0.39, 0.29) is 0 Å². The molecule has 0 aliphatic carbocycles. The molecule has 0 heterocycles. The molecule has 0 aliphatic rings. The lowest BCUT2D eigenvalue weighted by Crippen LogP contribution is -2.31. The van der Waals surface area contributed by atoms with Crippen LogP contribution in [-0.2, 0) is 14.6 Å². The third kappa shape index (κ3) is 3.81. The molecule has 0 saturated carbocycles. The average molecular weight is 320 g/mol. The predicted molar refractivity (Wildman–Crippen MR) is 71.8 cm³/mol. The van der Waals surface area contributed by atoms with Crippen LogP contribution in [0.15, 0.2) is 22.7 Å². The largest absolute Gasteiger partial charge is 0.324 e. The maximum atomic E-state index is 11.7. The van der Waals surface area contributed by atoms with E-state index < -0.39 is 21.0 Å². The van der Waals surface area contributed by atoms with Crippen molar-refractivity contribution in [2.45, 2.75) is 19.1 Å². The molecule has 1 rings (SSSR count). The quantitative estimate of drug-likeness (QED) is 0.928. The standard InChI is InChI=1S/C11H14BrNO3S/c1-7-4-5-10(9(12)6-7)13-11(14)8(2)17(3,15)16/h4-6,8H,1-3H3,(H,13,14). The van der Waals surface area contributed by atoms with Crippen molar-refractivity contribution < 1.29 is 13.2 Å². The summed E-state index contributed by atoms with van der Waals surface area (Å²) in [7, 11) is -3.37. The number of anilines is 1. The van der Waals surface area contributed by atoms with E-state index >= 15 is 0 Å². The summed E-state index contributed by atoms with van der Waals surface area (Å²) < 4.78 is 23.2. The predicted octanol–water partition coefficient (Wildman–Crippen LogP) is 2.13. The highest BCUT2D eigenvalue weighted by molar-refractivity contribution is 9.10. The Morgan fingerprint density at radius 2 is 2.00 bits per heavy atom. The van der Waals surface area contributed by atoms with Gasteiger partial charge in [0.1, 0.15) is 5.25 Å². The summed E-state index contributed by atoms with van der Waals surface area (Å²) in [4.78, 5) is 11.7. The van der Waals surface area contributed by atoms with Gasteiger partial charge in [0.15, 0.2) is 9.84 Å². The molecule has 0 fully saturated rings. The summed E-state index contributed by atoms with van der Waals surface area (Å²) in [5, 5.41) is 1.52. The summed E-state index contributed by atoms with van der Waals surface area (Å²) in [5.74, 6) is -0.531. The van der Waals surface area contributed by atoms with Crippen molar-refractivity contribution >= 4 is 37.4 Å². The molecule has 4 nitrogen and oxygen atoms in total. The Morgan fingerprint density at radius 1 is 1.41 bits per heavy atom. The summed E-state index contributed by atoms with van der Waals surface area (Å²) in [6, 6.07) is 5.42. The normalized spacial score (nSPS) is 13.2. The monoisotopic (exact) mass is 319 g/mol. The Bertz CT molecular complexity index is 540. The van der Waals surface area contributed by atoms with E-state index in [1.54, 1.807) is 6.07 Å². The molecule has 1 amide bonds. The fraction of sp³-hybridized carbons (Fsp3) is 0.364. The number of nitrogens with one attached hydrogen (secondary N) is 1. The van der Waals surface area contributed by atoms with Crippen molar-refractivity contribution in [2.24, 2.45) is 0 Å². The minimum Gasteiger partial charge on any atom is -0.324 e. The van der Waals surface area contributed by atoms with E-state index in [1.807, 2.05) is 19.1 Å². The molecule has 94 valence electrons. The molecule has 0 bridgehead atoms. The number of sulfone groups is 1. The number of benzene rings is 1. The highest BCUT2D eigenvalue weighted by atomic mass is 79.9. The first kappa shape index (κ1) is 14.2. The first-order valence-corrected chi connectivity index (χ1v) is 7.72. The highest BCUT2D eigenvalue weighted by Gasteiger charge is 2.23. The van der Waals surface area contributed by atoms with Gasteiger partial charge in [0, 0.05) is 10.7 Å². The molecule has 1 unspecified atom stereocenters. The molecule has 0 aliphatic heterocycles. The molecular formula is C11H14BrNO3S. The van der Waals surface area contributed by atoms with Crippen LogP contribution in [0.5, 0.6) is 0 Å². The lowest BCUT2D eigenvalue weighted by molar-refractivity contribution is -0.115. The maximum absolute atomic E-state index is 11.7. The van der Waals surface area contributed by atoms with E-state index in [9.17, 15) is 13.2 Å². The number of amides is 1. The molecule has 1 aromatic carbocycles. The van der Waals surface area contributed by atoms with Gasteiger partial charge in [0.2, 0.25) is 5.91 Å². The molecule has 17 heavy (non-hydrogen) atoms. The van der Waals surface area contributed by atoms with Crippen LogP contribution in [0.4, 0.5) is 5.69 Å². The van der Waals surface area contributed by atoms with Gasteiger partial charge in [-0.2, -0.15) is 0 Å². The minimum atomic E-state index is -3.37. The number of hydrogen-bond donors (Lipinski definition) is 1. The fourth-order valence-electron chi connectivity index (χ4n) is 1.15. The number of carbonyl (C=O) groups excluding carboxylic acids is 1. The molecule has 0 saturated heterocycles. The van der Waals surface area contributed by atoms with Gasteiger partial charge in [-0.25, -0.2) is 8.42 Å². The van der Waals surface area contributed by atoms with Crippen LogP contribution in [0.2, 0.25) is 0 Å². The number of hydrogen-bond acceptors (Lipinski definition) is 3. The van der Waals surface area contributed by atoms with Crippen molar-refractivity contribution in [1.29, 1.82) is 0 Å². The van der Waals surface area contributed by atoms with Gasteiger partial charge in [-0.3, -0.25) is 4.79 Å². The summed E-state index contributed by atoms with van der Waals surface area (Å²) >= 11 is 3.31. The zero-order valence-electron chi connectivity index (χ0n) is 9.82. The number of rotatable bonds is 3. The van der Waals surface area contributed by atoms with Gasteiger partial charge < -0.3 is 5.32 Å². The smallest absolute Gasteiger partial charge is 0.242 e. The van der Waals surface area contributed by atoms with Crippen molar-refractivity contribution in [1.82, 2.24) is 0 Å². The number of aryl methyl sites for hydroxylation is 1. The zero-order valence-corrected chi connectivity index (χ0v) is 12.2. The van der Waals surface area contributed by atoms with Crippen LogP contribution in [0.1, 0.15) is 12.5 Å². The van der Waals surface area contributed by atoms with Gasteiger partial charge in [0.05, 0.1) is 5.69 Å². The van der Waals surface area contributed by atoms with Gasteiger partial charge in [-0.1, -0.05) is 6.07 Å². The van der Waals surface area contributed by atoms with Crippen LogP contribution in [0, 0.1) is 6.92 Å². The highest BCUT2D eigenvalue weighted by Crippen LogP contribution is 2.23. The first-order chi connectivity index (χ1) is 7.71. The van der Waals surface area contributed by atoms with Gasteiger partial charge in [0.25, 0.3) is 0 Å². The Labute approximate surface area is 109 Å². The van der Waals surface area contributed by atoms with Crippen LogP contribution in [-0.4, -0.2) is 25.8 Å². The topological polar surface area (TPSA) is 63.2 Å². The number of carbonyl (C=O) groups is 1. The van der Waals surface area contributed by atoms with Gasteiger partial charge >= 0.3 is 0 Å². The summed E-state index contributed by atoms with van der Waals surface area (Å²) in [6.07, 6.45) is 1.04. The second-order valence-corrected chi connectivity index (χ2v) is 7.16. The van der Waals surface area contributed by atoms with Crippen molar-refractivity contribution in [3.05, 3.63) is 28.2 Å². The first-order valence-electron chi connectivity index (χ1n) is 4.97. The van der Waals surface area contributed by atoms with Crippen molar-refractivity contribution in [3.63, 3.8) is 0 Å². The second-order valence-electron chi connectivity index (χ2n) is 3.94. The minimum absolute atomic E-state index is 0.531. The van der Waals surface area contributed by atoms with Crippen LogP contribution in [0.25, 0.3) is 0 Å². The van der Waals surface area contributed by atoms with E-state index in [1.165, 1.54) is 6.92 Å². The van der Waals surface area contributed by atoms with Gasteiger partial charge in [-0.15, -0.1) is 0 Å². The Morgan fingerprint density at radius 3 is 2.47 bits per heavy atom. The molecule has 6 heteroatoms. The third-order valence-corrected chi connectivity index (χ3v) is 4.55. The maximum Gasteiger partial charge on any atom is 0.242 e. The molecular weight excluding hydrogens is 306 g/mol. The van der Waals surface area contributed by atoms with E-state index in [2.05, 4.69) is 21.2 Å². The van der Waals surface area contributed by atoms with E-state index in [0.29, 0.717) is 5.69 Å². The molecule has 1 N–H and O–H groups in total. The summed E-state index contributed by atoms with van der Waals surface area (Å²) in [5.41, 5.74) is 1.61. The van der Waals surface area contributed by atoms with Crippen molar-refractivity contribution in [3.8, 4) is 0 Å². The Hall–Kier alpha value is -0.880.